The lowest BCUT2D eigenvalue weighted by atomic mass is 9.77. The van der Waals surface area contributed by atoms with Crippen LogP contribution in [0, 0.1) is 11.8 Å². The third-order valence-electron chi connectivity index (χ3n) is 12.3. The van der Waals surface area contributed by atoms with Crippen LogP contribution in [0.15, 0.2) is 142 Å². The van der Waals surface area contributed by atoms with Crippen molar-refractivity contribution in [2.75, 3.05) is 0 Å². The van der Waals surface area contributed by atoms with Gasteiger partial charge in [-0.3, -0.25) is 4.99 Å². The highest BCUT2D eigenvalue weighted by atomic mass is 16.3. The molecule has 4 aliphatic carbocycles. The van der Waals surface area contributed by atoms with Gasteiger partial charge in [-0.1, -0.05) is 128 Å². The first kappa shape index (κ1) is 29.9. The summed E-state index contributed by atoms with van der Waals surface area (Å²) < 4.78 is 6.49. The van der Waals surface area contributed by atoms with Crippen LogP contribution in [0.25, 0.3) is 61.1 Å². The molecule has 2 nitrogen and oxygen atoms in total. The van der Waals surface area contributed by atoms with E-state index in [1.54, 1.807) is 0 Å². The smallest absolute Gasteiger partial charge is 0.135 e. The molecule has 0 saturated carbocycles. The molecule has 5 aromatic carbocycles. The zero-order valence-corrected chi connectivity index (χ0v) is 29.3. The first-order valence-electron chi connectivity index (χ1n) is 19.0. The van der Waals surface area contributed by atoms with E-state index >= 15 is 0 Å². The lowest BCUT2D eigenvalue weighted by molar-refractivity contribution is 0.564. The van der Waals surface area contributed by atoms with Crippen LogP contribution in [-0.4, -0.2) is 5.71 Å². The van der Waals surface area contributed by atoms with Crippen molar-refractivity contribution >= 4 is 66.8 Å². The first-order valence-corrected chi connectivity index (χ1v) is 19.0. The minimum absolute atomic E-state index is 0.227. The maximum absolute atomic E-state index is 6.49. The summed E-state index contributed by atoms with van der Waals surface area (Å²) in [4.78, 5) is 5.80. The Balaban J connectivity index is 1.12. The van der Waals surface area contributed by atoms with E-state index in [1.807, 2.05) is 0 Å². The molecule has 2 unspecified atom stereocenters. The van der Waals surface area contributed by atoms with Crippen LogP contribution < -0.4 is 0 Å². The van der Waals surface area contributed by atoms with Gasteiger partial charge in [-0.25, -0.2) is 0 Å². The van der Waals surface area contributed by atoms with Gasteiger partial charge in [0.15, 0.2) is 0 Å². The van der Waals surface area contributed by atoms with Crippen LogP contribution in [0.2, 0.25) is 0 Å². The van der Waals surface area contributed by atoms with E-state index in [9.17, 15) is 0 Å². The Hall–Kier alpha value is -5.73. The summed E-state index contributed by atoms with van der Waals surface area (Å²) in [6.07, 6.45) is 29.1. The summed E-state index contributed by atoms with van der Waals surface area (Å²) in [5.41, 5.74) is 13.7. The highest BCUT2D eigenvalue weighted by Gasteiger charge is 2.31. The second kappa shape index (κ2) is 11.6. The topological polar surface area (TPSA) is 25.5 Å². The average Bonchev–Trinajstić information content (AvgIpc) is 3.27. The van der Waals surface area contributed by atoms with E-state index in [0.29, 0.717) is 0 Å². The van der Waals surface area contributed by atoms with Crippen molar-refractivity contribution in [2.45, 2.75) is 44.9 Å². The number of hydrogen-bond acceptors (Lipinski definition) is 2. The number of allylic oxidation sites excluding steroid dienone is 10. The zero-order valence-electron chi connectivity index (χ0n) is 29.3. The Morgan fingerprint density at radius 3 is 2.50 bits per heavy atom. The van der Waals surface area contributed by atoms with Gasteiger partial charge in [0.25, 0.3) is 0 Å². The third-order valence-corrected chi connectivity index (χ3v) is 12.3. The summed E-state index contributed by atoms with van der Waals surface area (Å²) in [6, 6.07) is 25.3. The van der Waals surface area contributed by atoms with Gasteiger partial charge >= 0.3 is 0 Å². The molecular formula is C50H39NO. The molecule has 0 N–H and O–H groups in total. The van der Waals surface area contributed by atoms with Crippen molar-refractivity contribution in [1.29, 1.82) is 0 Å². The summed E-state index contributed by atoms with van der Waals surface area (Å²) in [6.45, 7) is 4.79. The van der Waals surface area contributed by atoms with Crippen molar-refractivity contribution < 1.29 is 4.42 Å². The van der Waals surface area contributed by atoms with E-state index in [0.717, 1.165) is 84.2 Å². The number of fused-ring (bicyclic) bond motifs is 9. The number of furan rings is 1. The zero-order chi connectivity index (χ0) is 34.3. The molecule has 0 saturated heterocycles. The van der Waals surface area contributed by atoms with Gasteiger partial charge in [0.1, 0.15) is 11.3 Å². The Morgan fingerprint density at radius 2 is 1.54 bits per heavy atom. The number of benzene rings is 5. The molecule has 1 aliphatic heterocycles. The average molecular weight is 670 g/mol. The Labute approximate surface area is 304 Å². The van der Waals surface area contributed by atoms with Crippen LogP contribution in [0.5, 0.6) is 0 Å². The maximum atomic E-state index is 6.49. The predicted molar refractivity (Wildman–Crippen MR) is 220 cm³/mol. The normalized spacial score (nSPS) is 20.6. The Morgan fingerprint density at radius 1 is 0.692 bits per heavy atom. The lowest BCUT2D eigenvalue weighted by Gasteiger charge is -2.27. The first-order chi connectivity index (χ1) is 25.7. The van der Waals surface area contributed by atoms with Crippen LogP contribution in [-0.2, 0) is 25.7 Å². The van der Waals surface area contributed by atoms with E-state index in [4.69, 9.17) is 16.0 Å². The molecule has 0 fully saturated rings. The molecule has 5 aliphatic rings. The molecule has 6 aromatic rings. The number of nitrogens with zero attached hydrogens (tertiary/aromatic N) is 1. The molecule has 0 radical (unpaired) electrons. The van der Waals surface area contributed by atoms with Gasteiger partial charge in [0, 0.05) is 40.5 Å². The number of aryl methyl sites for hydroxylation is 2. The Kier molecular flexibility index (Phi) is 6.71. The molecule has 0 amide bonds. The molecule has 2 heteroatoms. The molecule has 2 atom stereocenters. The van der Waals surface area contributed by atoms with Gasteiger partial charge in [-0.05, 0) is 110 Å². The molecule has 11 rings (SSSR count). The summed E-state index contributed by atoms with van der Waals surface area (Å²) in [7, 11) is 0. The molecule has 250 valence electrons. The quantitative estimate of drug-likeness (QED) is 0.169. The van der Waals surface area contributed by atoms with Crippen molar-refractivity contribution in [1.82, 2.24) is 0 Å². The molecule has 2 heterocycles. The van der Waals surface area contributed by atoms with Gasteiger partial charge < -0.3 is 4.42 Å². The van der Waals surface area contributed by atoms with Crippen LogP contribution in [0.1, 0.15) is 58.4 Å². The number of rotatable bonds is 2. The summed E-state index contributed by atoms with van der Waals surface area (Å²) in [5, 5.41) is 9.69. The molecular weight excluding hydrogens is 631 g/mol. The monoisotopic (exact) mass is 669 g/mol. The minimum atomic E-state index is 0.227. The van der Waals surface area contributed by atoms with E-state index < -0.39 is 0 Å². The standard InChI is InChI=1S/C50H39NO/c1-30-28-33-13-6-8-17-37(33)50(42-21-11-23-44-48(42)40-18-3-2-4-22-43(40)52-44)51-49(30)35-25-24-32-14-9-20-41-45(32)46-34(29-35)15-10-19-38(46)39-27-26-31-12-5-7-16-36(31)47(39)41/h2-6,8-15,17-21,23,26-27,33,35H,1,7,16,22,24-25,28-29H2. The van der Waals surface area contributed by atoms with E-state index in [1.165, 1.54) is 65.7 Å². The van der Waals surface area contributed by atoms with Crippen molar-refractivity contribution in [2.24, 2.45) is 16.8 Å². The van der Waals surface area contributed by atoms with Crippen molar-refractivity contribution in [3.05, 3.63) is 172 Å². The lowest BCUT2D eigenvalue weighted by Crippen LogP contribution is -2.22. The molecule has 0 bridgehead atoms. The molecule has 52 heavy (non-hydrogen) atoms. The number of hydrogen-bond donors (Lipinski definition) is 0. The van der Waals surface area contributed by atoms with Gasteiger partial charge in [0.05, 0.1) is 5.70 Å². The minimum Gasteiger partial charge on any atom is -0.460 e. The van der Waals surface area contributed by atoms with Crippen LogP contribution in [0.3, 0.4) is 0 Å². The van der Waals surface area contributed by atoms with Gasteiger partial charge in [-0.15, -0.1) is 0 Å². The van der Waals surface area contributed by atoms with Crippen LogP contribution >= 0.6 is 0 Å². The maximum Gasteiger partial charge on any atom is 0.135 e. The fraction of sp³-hybridized carbons (Fsp3) is 0.180. The number of aliphatic imine (C=N–C) groups is 1. The predicted octanol–water partition coefficient (Wildman–Crippen LogP) is 12.6. The van der Waals surface area contributed by atoms with Gasteiger partial charge in [0.2, 0.25) is 0 Å². The summed E-state index contributed by atoms with van der Waals surface area (Å²) >= 11 is 0. The summed E-state index contributed by atoms with van der Waals surface area (Å²) in [5.74, 6) is 1.48. The van der Waals surface area contributed by atoms with Gasteiger partial charge in [-0.2, -0.15) is 0 Å². The Bertz CT molecular complexity index is 2790. The second-order valence-electron chi connectivity index (χ2n) is 15.2. The van der Waals surface area contributed by atoms with Crippen molar-refractivity contribution in [3.8, 4) is 0 Å². The second-order valence-corrected chi connectivity index (χ2v) is 15.2. The van der Waals surface area contributed by atoms with Crippen LogP contribution in [0.4, 0.5) is 0 Å². The van der Waals surface area contributed by atoms with E-state index in [-0.39, 0.29) is 11.8 Å². The fourth-order valence-corrected chi connectivity index (χ4v) is 9.99. The van der Waals surface area contributed by atoms with Crippen molar-refractivity contribution in [3.63, 3.8) is 0 Å². The highest BCUT2D eigenvalue weighted by Crippen LogP contribution is 2.46. The molecule has 1 aromatic heterocycles. The largest absolute Gasteiger partial charge is 0.460 e. The van der Waals surface area contributed by atoms with E-state index in [2.05, 4.69) is 127 Å². The SMILES string of the molecule is C=C1CC2C=CC=CC2=C(c2cccc3oc4c(c23)C=CC=CC4)N=C1C1CCc2cccc3c4c5c(ccc4c4cccc(c4c23)C1)C=CCC5. The fourth-order valence-electron chi connectivity index (χ4n) is 9.99. The molecule has 0 spiro atoms. The third kappa shape index (κ3) is 4.46. The highest BCUT2D eigenvalue weighted by molar-refractivity contribution is 6.28.